The minimum atomic E-state index is -4.77. The summed E-state index contributed by atoms with van der Waals surface area (Å²) in [6.07, 6.45) is -9.40. The Morgan fingerprint density at radius 3 is 1.87 bits per heavy atom. The molecule has 0 atom stereocenters. The standard InChI is InChI=1S/C15H7ClF6O/c16-13(23)10-4-9(6-12(7-10)15(20,21)22)8-2-1-3-11(5-8)14(17,18)19/h1-7H. The number of rotatable bonds is 2. The van der Waals surface area contributed by atoms with Gasteiger partial charge in [-0.15, -0.1) is 0 Å². The van der Waals surface area contributed by atoms with Crippen LogP contribution in [0.3, 0.4) is 0 Å². The Morgan fingerprint density at radius 2 is 1.35 bits per heavy atom. The van der Waals surface area contributed by atoms with E-state index in [1.54, 1.807) is 0 Å². The van der Waals surface area contributed by atoms with Gasteiger partial charge in [0, 0.05) is 5.56 Å². The molecule has 0 bridgehead atoms. The number of hydrogen-bond acceptors (Lipinski definition) is 1. The number of halogens is 7. The fraction of sp³-hybridized carbons (Fsp3) is 0.133. The number of alkyl halides is 6. The topological polar surface area (TPSA) is 17.1 Å². The van der Waals surface area contributed by atoms with Crippen LogP contribution in [0.5, 0.6) is 0 Å². The Hall–Kier alpha value is -2.02. The van der Waals surface area contributed by atoms with E-state index >= 15 is 0 Å². The van der Waals surface area contributed by atoms with Crippen LogP contribution >= 0.6 is 11.6 Å². The summed E-state index contributed by atoms with van der Waals surface area (Å²) >= 11 is 5.20. The quantitative estimate of drug-likeness (QED) is 0.495. The highest BCUT2D eigenvalue weighted by Crippen LogP contribution is 2.36. The van der Waals surface area contributed by atoms with E-state index in [1.807, 2.05) is 0 Å². The molecule has 8 heteroatoms. The summed E-state index contributed by atoms with van der Waals surface area (Å²) in [6.45, 7) is 0. The van der Waals surface area contributed by atoms with Crippen LogP contribution in [0, 0.1) is 0 Å². The summed E-state index contributed by atoms with van der Waals surface area (Å²) < 4.78 is 76.7. The molecule has 0 aromatic heterocycles. The predicted octanol–water partition coefficient (Wildman–Crippen LogP) is 5.77. The minimum Gasteiger partial charge on any atom is -0.276 e. The van der Waals surface area contributed by atoms with E-state index in [1.165, 1.54) is 6.07 Å². The molecule has 0 saturated heterocycles. The zero-order chi connectivity index (χ0) is 17.4. The maximum atomic E-state index is 12.9. The van der Waals surface area contributed by atoms with E-state index in [9.17, 15) is 31.1 Å². The van der Waals surface area contributed by atoms with Crippen molar-refractivity contribution in [3.8, 4) is 11.1 Å². The van der Waals surface area contributed by atoms with Gasteiger partial charge in [-0.3, -0.25) is 4.79 Å². The van der Waals surface area contributed by atoms with Gasteiger partial charge in [0.1, 0.15) is 0 Å². The summed E-state index contributed by atoms with van der Waals surface area (Å²) in [5.41, 5.74) is -2.92. The maximum Gasteiger partial charge on any atom is 0.416 e. The van der Waals surface area contributed by atoms with Gasteiger partial charge in [-0.25, -0.2) is 0 Å². The molecule has 0 fully saturated rings. The van der Waals surface area contributed by atoms with Crippen LogP contribution in [-0.2, 0) is 12.4 Å². The average Bonchev–Trinajstić information content (AvgIpc) is 2.45. The first-order chi connectivity index (χ1) is 10.5. The highest BCUT2D eigenvalue weighted by Gasteiger charge is 2.33. The predicted molar refractivity (Wildman–Crippen MR) is 72.1 cm³/mol. The van der Waals surface area contributed by atoms with Crippen LogP contribution in [0.1, 0.15) is 21.5 Å². The van der Waals surface area contributed by atoms with E-state index in [4.69, 9.17) is 11.6 Å². The first kappa shape index (κ1) is 17.3. The van der Waals surface area contributed by atoms with Gasteiger partial charge in [0.05, 0.1) is 11.1 Å². The number of carbonyl (C=O) groups excluding carboxylic acids is 1. The van der Waals surface area contributed by atoms with E-state index in [0.29, 0.717) is 18.2 Å². The van der Waals surface area contributed by atoms with Crippen LogP contribution in [0.25, 0.3) is 11.1 Å². The highest BCUT2D eigenvalue weighted by atomic mass is 35.5. The second-order valence-electron chi connectivity index (χ2n) is 4.65. The molecule has 23 heavy (non-hydrogen) atoms. The fourth-order valence-electron chi connectivity index (χ4n) is 1.95. The summed E-state index contributed by atoms with van der Waals surface area (Å²) in [4.78, 5) is 11.2. The molecule has 0 spiro atoms. The highest BCUT2D eigenvalue weighted by molar-refractivity contribution is 6.67. The molecule has 0 radical (unpaired) electrons. The van der Waals surface area contributed by atoms with E-state index in [-0.39, 0.29) is 11.1 Å². The molecule has 0 amide bonds. The molecule has 0 N–H and O–H groups in total. The third kappa shape index (κ3) is 4.04. The third-order valence-corrected chi connectivity index (χ3v) is 3.23. The molecule has 0 aliphatic heterocycles. The van der Waals surface area contributed by atoms with Gasteiger partial charge in [0.25, 0.3) is 5.24 Å². The first-order valence-electron chi connectivity index (χ1n) is 6.08. The summed E-state index contributed by atoms with van der Waals surface area (Å²) in [5, 5.41) is -1.13. The molecule has 2 aromatic carbocycles. The van der Waals surface area contributed by atoms with Crippen molar-refractivity contribution in [2.45, 2.75) is 12.4 Å². The van der Waals surface area contributed by atoms with Crippen molar-refractivity contribution in [3.63, 3.8) is 0 Å². The van der Waals surface area contributed by atoms with Crippen LogP contribution in [-0.4, -0.2) is 5.24 Å². The molecule has 0 heterocycles. The Bertz CT molecular complexity index is 748. The molecule has 2 aromatic rings. The van der Waals surface area contributed by atoms with Crippen molar-refractivity contribution in [2.75, 3.05) is 0 Å². The number of carbonyl (C=O) groups is 1. The Kier molecular flexibility index (Phi) is 4.43. The lowest BCUT2D eigenvalue weighted by molar-refractivity contribution is -0.138. The molecule has 0 aliphatic rings. The van der Waals surface area contributed by atoms with Crippen molar-refractivity contribution >= 4 is 16.8 Å². The van der Waals surface area contributed by atoms with Gasteiger partial charge in [-0.05, 0) is 53.1 Å². The van der Waals surface area contributed by atoms with Crippen molar-refractivity contribution in [1.82, 2.24) is 0 Å². The molecule has 1 nitrogen and oxygen atoms in total. The molecular formula is C15H7ClF6O. The van der Waals surface area contributed by atoms with Crippen molar-refractivity contribution in [1.29, 1.82) is 0 Å². The maximum absolute atomic E-state index is 12.9. The lowest BCUT2D eigenvalue weighted by Crippen LogP contribution is -2.07. The van der Waals surface area contributed by atoms with Crippen LogP contribution in [0.15, 0.2) is 42.5 Å². The smallest absolute Gasteiger partial charge is 0.276 e. The van der Waals surface area contributed by atoms with Crippen LogP contribution in [0.2, 0.25) is 0 Å². The van der Waals surface area contributed by atoms with Crippen LogP contribution in [0.4, 0.5) is 26.3 Å². The SMILES string of the molecule is O=C(Cl)c1cc(-c2cccc(C(F)(F)F)c2)cc(C(F)(F)F)c1. The van der Waals surface area contributed by atoms with Gasteiger partial charge >= 0.3 is 12.4 Å². The molecule has 0 aliphatic carbocycles. The lowest BCUT2D eigenvalue weighted by Gasteiger charge is -2.12. The Balaban J connectivity index is 2.64. The average molecular weight is 353 g/mol. The van der Waals surface area contributed by atoms with Crippen molar-refractivity contribution in [2.24, 2.45) is 0 Å². The molecule has 0 unspecified atom stereocenters. The zero-order valence-electron chi connectivity index (χ0n) is 11.1. The van der Waals surface area contributed by atoms with E-state index in [2.05, 4.69) is 0 Å². The van der Waals surface area contributed by atoms with Gasteiger partial charge in [-0.2, -0.15) is 26.3 Å². The third-order valence-electron chi connectivity index (χ3n) is 3.01. The summed E-state index contributed by atoms with van der Waals surface area (Å²) in [7, 11) is 0. The molecule has 122 valence electrons. The fourth-order valence-corrected chi connectivity index (χ4v) is 2.06. The second-order valence-corrected chi connectivity index (χ2v) is 4.99. The normalized spacial score (nSPS) is 12.3. The van der Waals surface area contributed by atoms with Gasteiger partial charge < -0.3 is 0 Å². The lowest BCUT2D eigenvalue weighted by atomic mass is 9.98. The van der Waals surface area contributed by atoms with Gasteiger partial charge in [-0.1, -0.05) is 12.1 Å². The number of hydrogen-bond donors (Lipinski definition) is 0. The van der Waals surface area contributed by atoms with Crippen molar-refractivity contribution < 1.29 is 31.1 Å². The zero-order valence-corrected chi connectivity index (χ0v) is 11.9. The van der Waals surface area contributed by atoms with E-state index < -0.39 is 34.3 Å². The summed E-state index contributed by atoms with van der Waals surface area (Å²) in [6, 6.07) is 6.02. The Labute approximate surface area is 131 Å². The van der Waals surface area contributed by atoms with Gasteiger partial charge in [0.2, 0.25) is 0 Å². The second kappa shape index (κ2) is 5.88. The van der Waals surface area contributed by atoms with E-state index in [0.717, 1.165) is 18.2 Å². The molecule has 0 saturated carbocycles. The minimum absolute atomic E-state index is 0.106. The van der Waals surface area contributed by atoms with Gasteiger partial charge in [0.15, 0.2) is 0 Å². The summed E-state index contributed by atoms with van der Waals surface area (Å²) in [5.74, 6) is 0. The number of benzene rings is 2. The van der Waals surface area contributed by atoms with Crippen molar-refractivity contribution in [3.05, 3.63) is 59.2 Å². The molecule has 2 rings (SSSR count). The first-order valence-corrected chi connectivity index (χ1v) is 6.46. The van der Waals surface area contributed by atoms with Crippen LogP contribution < -0.4 is 0 Å². The molecular weight excluding hydrogens is 346 g/mol. The largest absolute Gasteiger partial charge is 0.416 e. The Morgan fingerprint density at radius 1 is 0.783 bits per heavy atom. The monoisotopic (exact) mass is 352 g/mol.